The van der Waals surface area contributed by atoms with E-state index in [0.29, 0.717) is 48.0 Å². The van der Waals surface area contributed by atoms with Gasteiger partial charge in [0.2, 0.25) is 0 Å². The van der Waals surface area contributed by atoms with Crippen molar-refractivity contribution in [2.75, 3.05) is 13.7 Å². The molecule has 7 heteroatoms. The van der Waals surface area contributed by atoms with Crippen molar-refractivity contribution in [1.82, 2.24) is 9.88 Å². The van der Waals surface area contributed by atoms with Crippen molar-refractivity contribution < 1.29 is 19.1 Å². The minimum Gasteiger partial charge on any atom is -0.493 e. The second-order valence-corrected chi connectivity index (χ2v) is 8.39. The number of methoxy groups -OCH3 is 1. The smallest absolute Gasteiger partial charge is 0.270 e. The number of ether oxygens (including phenoxy) is 2. The minimum absolute atomic E-state index is 0.0452. The number of Topliss-reactive ketones (excluding diaryl/α,β-unsaturated/α-hetero) is 1. The molecule has 0 fully saturated rings. The van der Waals surface area contributed by atoms with Gasteiger partial charge in [-0.1, -0.05) is 12.1 Å². The lowest BCUT2D eigenvalue weighted by Gasteiger charge is -2.21. The molecule has 0 saturated carbocycles. The SMILES string of the molecule is CCN(Cc1ccc(OCc2cccs2)c(OC)c1)C(=O)c1[nH]c(C)c(C(C)=O)c1C. The fourth-order valence-corrected chi connectivity index (χ4v) is 4.29. The summed E-state index contributed by atoms with van der Waals surface area (Å²) in [5.41, 5.74) is 3.41. The van der Waals surface area contributed by atoms with Gasteiger partial charge in [-0.05, 0) is 62.4 Å². The van der Waals surface area contributed by atoms with E-state index < -0.39 is 0 Å². The normalized spacial score (nSPS) is 10.7. The van der Waals surface area contributed by atoms with Crippen molar-refractivity contribution in [3.05, 3.63) is 68.7 Å². The zero-order valence-electron chi connectivity index (χ0n) is 18.6. The molecule has 0 atom stereocenters. The number of rotatable bonds is 9. The van der Waals surface area contributed by atoms with Crippen LogP contribution < -0.4 is 9.47 Å². The van der Waals surface area contributed by atoms with Crippen LogP contribution in [0.1, 0.15) is 56.4 Å². The Morgan fingerprint density at radius 2 is 1.94 bits per heavy atom. The van der Waals surface area contributed by atoms with Crippen LogP contribution in [-0.4, -0.2) is 35.2 Å². The zero-order valence-corrected chi connectivity index (χ0v) is 19.4. The van der Waals surface area contributed by atoms with Crippen molar-refractivity contribution in [3.63, 3.8) is 0 Å². The highest BCUT2D eigenvalue weighted by Crippen LogP contribution is 2.30. The summed E-state index contributed by atoms with van der Waals surface area (Å²) in [4.78, 5) is 31.1. The lowest BCUT2D eigenvalue weighted by atomic mass is 10.1. The lowest BCUT2D eigenvalue weighted by molar-refractivity contribution is 0.0746. The Kier molecular flexibility index (Phi) is 7.17. The van der Waals surface area contributed by atoms with Gasteiger partial charge in [-0.3, -0.25) is 9.59 Å². The number of hydrogen-bond acceptors (Lipinski definition) is 5. The Hall–Kier alpha value is -3.06. The third-order valence-electron chi connectivity index (χ3n) is 5.22. The molecule has 0 bridgehead atoms. The second kappa shape index (κ2) is 9.83. The molecule has 0 aliphatic heterocycles. The molecule has 1 amide bonds. The quantitative estimate of drug-likeness (QED) is 0.467. The van der Waals surface area contributed by atoms with Gasteiger partial charge in [0.15, 0.2) is 17.3 Å². The summed E-state index contributed by atoms with van der Waals surface area (Å²) < 4.78 is 11.4. The first-order valence-corrected chi connectivity index (χ1v) is 11.0. The average Bonchev–Trinajstić information content (AvgIpc) is 3.37. The molecule has 3 rings (SSSR count). The fraction of sp³-hybridized carbons (Fsp3) is 0.333. The van der Waals surface area contributed by atoms with Crippen molar-refractivity contribution in [3.8, 4) is 11.5 Å². The molecular formula is C24H28N2O4S. The number of carbonyl (C=O) groups is 2. The summed E-state index contributed by atoms with van der Waals surface area (Å²) >= 11 is 1.64. The molecule has 2 aromatic heterocycles. The van der Waals surface area contributed by atoms with Gasteiger partial charge in [0.05, 0.1) is 7.11 Å². The molecule has 0 saturated heterocycles. The van der Waals surface area contributed by atoms with E-state index >= 15 is 0 Å². The van der Waals surface area contributed by atoms with Gasteiger partial charge in [0, 0.05) is 29.2 Å². The molecule has 0 spiro atoms. The monoisotopic (exact) mass is 440 g/mol. The molecule has 2 heterocycles. The molecular weight excluding hydrogens is 412 g/mol. The van der Waals surface area contributed by atoms with Crippen LogP contribution in [0.2, 0.25) is 0 Å². The number of amides is 1. The molecule has 0 aliphatic carbocycles. The molecule has 0 aliphatic rings. The van der Waals surface area contributed by atoms with Gasteiger partial charge in [-0.2, -0.15) is 0 Å². The summed E-state index contributed by atoms with van der Waals surface area (Å²) in [5, 5.41) is 2.02. The number of ketones is 1. The zero-order chi connectivity index (χ0) is 22.5. The Balaban J connectivity index is 1.77. The first-order chi connectivity index (χ1) is 14.8. The summed E-state index contributed by atoms with van der Waals surface area (Å²) in [6, 6.07) is 9.73. The van der Waals surface area contributed by atoms with Crippen molar-refractivity contribution in [2.45, 2.75) is 40.8 Å². The number of aromatic nitrogens is 1. The minimum atomic E-state index is -0.132. The number of carbonyl (C=O) groups excluding carboxylic acids is 2. The number of nitrogens with zero attached hydrogens (tertiary/aromatic N) is 1. The first kappa shape index (κ1) is 22.6. The van der Waals surface area contributed by atoms with Crippen LogP contribution in [0.3, 0.4) is 0 Å². The highest BCUT2D eigenvalue weighted by molar-refractivity contribution is 7.09. The number of H-pyrrole nitrogens is 1. The maximum absolute atomic E-state index is 13.2. The van der Waals surface area contributed by atoms with Crippen molar-refractivity contribution in [1.29, 1.82) is 0 Å². The Labute approximate surface area is 186 Å². The fourth-order valence-electron chi connectivity index (χ4n) is 3.67. The standard InChI is InChI=1S/C24H28N2O4S/c1-6-26(24(28)23-15(2)22(17(4)27)16(3)25-23)13-18-9-10-20(21(12-18)29-5)30-14-19-8-7-11-31-19/h7-12,25H,6,13-14H2,1-5H3. The van der Waals surface area contributed by atoms with E-state index in [1.54, 1.807) is 23.3 Å². The van der Waals surface area contributed by atoms with E-state index in [-0.39, 0.29) is 11.7 Å². The third-order valence-corrected chi connectivity index (χ3v) is 6.07. The van der Waals surface area contributed by atoms with E-state index in [1.165, 1.54) is 6.92 Å². The number of benzene rings is 1. The number of thiophene rings is 1. The van der Waals surface area contributed by atoms with Gasteiger partial charge in [0.25, 0.3) is 5.91 Å². The van der Waals surface area contributed by atoms with E-state index in [1.807, 2.05) is 56.5 Å². The average molecular weight is 441 g/mol. The number of aryl methyl sites for hydroxylation is 1. The highest BCUT2D eigenvalue weighted by Gasteiger charge is 2.23. The Bertz CT molecular complexity index is 1070. The van der Waals surface area contributed by atoms with Gasteiger partial charge in [0.1, 0.15) is 12.3 Å². The second-order valence-electron chi connectivity index (χ2n) is 7.35. The summed E-state index contributed by atoms with van der Waals surface area (Å²) in [6.45, 7) is 8.51. The summed E-state index contributed by atoms with van der Waals surface area (Å²) in [5.74, 6) is 1.11. The maximum Gasteiger partial charge on any atom is 0.270 e. The van der Waals surface area contributed by atoms with E-state index in [2.05, 4.69) is 4.98 Å². The van der Waals surface area contributed by atoms with Gasteiger partial charge in [-0.25, -0.2) is 0 Å². The molecule has 1 aromatic carbocycles. The van der Waals surface area contributed by atoms with Gasteiger partial charge < -0.3 is 19.4 Å². The van der Waals surface area contributed by atoms with Crippen LogP contribution in [0.25, 0.3) is 0 Å². The van der Waals surface area contributed by atoms with Crippen LogP contribution in [0.15, 0.2) is 35.7 Å². The van der Waals surface area contributed by atoms with Crippen LogP contribution in [0.5, 0.6) is 11.5 Å². The Morgan fingerprint density at radius 1 is 1.16 bits per heavy atom. The van der Waals surface area contributed by atoms with Crippen LogP contribution in [0, 0.1) is 13.8 Å². The van der Waals surface area contributed by atoms with Crippen molar-refractivity contribution in [2.24, 2.45) is 0 Å². The molecule has 164 valence electrons. The number of nitrogens with one attached hydrogen (secondary N) is 1. The molecule has 0 radical (unpaired) electrons. The largest absolute Gasteiger partial charge is 0.493 e. The van der Waals surface area contributed by atoms with E-state index in [0.717, 1.165) is 16.1 Å². The lowest BCUT2D eigenvalue weighted by Crippen LogP contribution is -2.31. The van der Waals surface area contributed by atoms with Gasteiger partial charge in [-0.15, -0.1) is 11.3 Å². The summed E-state index contributed by atoms with van der Waals surface area (Å²) in [7, 11) is 1.61. The maximum atomic E-state index is 13.2. The number of hydrogen-bond donors (Lipinski definition) is 1. The molecule has 31 heavy (non-hydrogen) atoms. The molecule has 6 nitrogen and oxygen atoms in total. The van der Waals surface area contributed by atoms with Crippen LogP contribution >= 0.6 is 11.3 Å². The van der Waals surface area contributed by atoms with Gasteiger partial charge >= 0.3 is 0 Å². The predicted octanol–water partition coefficient (Wildman–Crippen LogP) is 5.15. The van der Waals surface area contributed by atoms with Crippen LogP contribution in [0.4, 0.5) is 0 Å². The molecule has 3 aromatic rings. The number of aromatic amines is 1. The third kappa shape index (κ3) is 4.99. The van der Waals surface area contributed by atoms with Crippen LogP contribution in [-0.2, 0) is 13.2 Å². The highest BCUT2D eigenvalue weighted by atomic mass is 32.1. The van der Waals surface area contributed by atoms with E-state index in [4.69, 9.17) is 9.47 Å². The topological polar surface area (TPSA) is 71.6 Å². The Morgan fingerprint density at radius 3 is 2.52 bits per heavy atom. The first-order valence-electron chi connectivity index (χ1n) is 10.2. The van der Waals surface area contributed by atoms with Crippen molar-refractivity contribution >= 4 is 23.0 Å². The summed E-state index contributed by atoms with van der Waals surface area (Å²) in [6.07, 6.45) is 0. The predicted molar refractivity (Wildman–Crippen MR) is 122 cm³/mol. The molecule has 1 N–H and O–H groups in total. The molecule has 0 unspecified atom stereocenters. The van der Waals surface area contributed by atoms with E-state index in [9.17, 15) is 9.59 Å².